The van der Waals surface area contributed by atoms with Crippen LogP contribution in [0.4, 0.5) is 0 Å². The zero-order valence-corrected chi connectivity index (χ0v) is 9.37. The highest BCUT2D eigenvalue weighted by Gasteiger charge is 2.13. The summed E-state index contributed by atoms with van der Waals surface area (Å²) in [6.45, 7) is 2.03. The predicted octanol–water partition coefficient (Wildman–Crippen LogP) is 2.18. The summed E-state index contributed by atoms with van der Waals surface area (Å²) in [6, 6.07) is 8.19. The van der Waals surface area contributed by atoms with Gasteiger partial charge in [-0.25, -0.2) is 0 Å². The van der Waals surface area contributed by atoms with Crippen LogP contribution in [0.1, 0.15) is 23.6 Å². The third-order valence-electron chi connectivity index (χ3n) is 2.40. The van der Waals surface area contributed by atoms with Gasteiger partial charge in [0, 0.05) is 11.6 Å². The number of nitrogens with zero attached hydrogens (tertiary/aromatic N) is 1. The van der Waals surface area contributed by atoms with E-state index in [9.17, 15) is 0 Å². The second kappa shape index (κ2) is 5.38. The summed E-state index contributed by atoms with van der Waals surface area (Å²) < 4.78 is 5.28. The molecular weight excluding hydrogens is 188 g/mol. The highest BCUT2D eigenvalue weighted by Crippen LogP contribution is 2.27. The lowest BCUT2D eigenvalue weighted by molar-refractivity contribution is 0.402. The van der Waals surface area contributed by atoms with Crippen LogP contribution < -0.4 is 10.1 Å². The first-order valence-electron chi connectivity index (χ1n) is 4.91. The largest absolute Gasteiger partial charge is 0.496 e. The summed E-state index contributed by atoms with van der Waals surface area (Å²) in [5, 5.41) is 11.8. The Hall–Kier alpha value is -1.53. The average molecular weight is 204 g/mol. The predicted molar refractivity (Wildman–Crippen MR) is 59.8 cm³/mol. The Balaban J connectivity index is 3.09. The number of ether oxygens (including phenoxy) is 1. The van der Waals surface area contributed by atoms with Crippen LogP contribution in [-0.2, 0) is 0 Å². The highest BCUT2D eigenvalue weighted by molar-refractivity contribution is 5.39. The summed E-state index contributed by atoms with van der Waals surface area (Å²) in [6.07, 6.45) is 0.441. The van der Waals surface area contributed by atoms with E-state index in [0.717, 1.165) is 11.3 Å². The minimum absolute atomic E-state index is 0.0323. The van der Waals surface area contributed by atoms with Gasteiger partial charge >= 0.3 is 0 Å². The second-order valence-corrected chi connectivity index (χ2v) is 3.45. The van der Waals surface area contributed by atoms with Crippen molar-refractivity contribution in [3.63, 3.8) is 0 Å². The van der Waals surface area contributed by atoms with Crippen molar-refractivity contribution in [2.45, 2.75) is 19.4 Å². The number of aryl methyl sites for hydroxylation is 1. The van der Waals surface area contributed by atoms with Crippen molar-refractivity contribution in [3.05, 3.63) is 29.3 Å². The Labute approximate surface area is 90.7 Å². The SMILES string of the molecule is CNC(CC#N)c1cc(C)ccc1OC. The van der Waals surface area contributed by atoms with Gasteiger partial charge in [-0.3, -0.25) is 0 Å². The zero-order chi connectivity index (χ0) is 11.3. The molecule has 0 radical (unpaired) electrons. The highest BCUT2D eigenvalue weighted by atomic mass is 16.5. The maximum absolute atomic E-state index is 8.73. The summed E-state index contributed by atoms with van der Waals surface area (Å²) >= 11 is 0. The molecule has 3 nitrogen and oxygen atoms in total. The molecule has 80 valence electrons. The van der Waals surface area contributed by atoms with E-state index in [1.54, 1.807) is 7.11 Å². The van der Waals surface area contributed by atoms with Crippen molar-refractivity contribution in [1.82, 2.24) is 5.32 Å². The molecule has 0 aliphatic rings. The quantitative estimate of drug-likeness (QED) is 0.817. The molecule has 3 heteroatoms. The van der Waals surface area contributed by atoms with E-state index in [2.05, 4.69) is 17.5 Å². The van der Waals surface area contributed by atoms with Crippen LogP contribution in [0, 0.1) is 18.3 Å². The lowest BCUT2D eigenvalue weighted by Gasteiger charge is -2.17. The van der Waals surface area contributed by atoms with E-state index in [1.807, 2.05) is 26.1 Å². The molecule has 1 aromatic carbocycles. The molecule has 1 aromatic rings. The topological polar surface area (TPSA) is 45.0 Å². The molecule has 0 amide bonds. The number of benzene rings is 1. The van der Waals surface area contributed by atoms with Gasteiger partial charge in [-0.1, -0.05) is 17.7 Å². The van der Waals surface area contributed by atoms with Gasteiger partial charge in [-0.15, -0.1) is 0 Å². The average Bonchev–Trinajstić information content (AvgIpc) is 2.26. The van der Waals surface area contributed by atoms with Crippen molar-refractivity contribution in [2.75, 3.05) is 14.2 Å². The smallest absolute Gasteiger partial charge is 0.123 e. The number of hydrogen-bond donors (Lipinski definition) is 1. The van der Waals surface area contributed by atoms with Crippen molar-refractivity contribution in [1.29, 1.82) is 5.26 Å². The van der Waals surface area contributed by atoms with Crippen LogP contribution in [0.15, 0.2) is 18.2 Å². The van der Waals surface area contributed by atoms with E-state index < -0.39 is 0 Å². The van der Waals surface area contributed by atoms with Crippen LogP contribution in [0.25, 0.3) is 0 Å². The zero-order valence-electron chi connectivity index (χ0n) is 9.37. The van der Waals surface area contributed by atoms with Gasteiger partial charge in [0.2, 0.25) is 0 Å². The molecular formula is C12H16N2O. The van der Waals surface area contributed by atoms with Crippen LogP contribution >= 0.6 is 0 Å². The van der Waals surface area contributed by atoms with Crippen LogP contribution in [0.2, 0.25) is 0 Å². The number of nitriles is 1. The third kappa shape index (κ3) is 2.71. The van der Waals surface area contributed by atoms with Crippen molar-refractivity contribution < 1.29 is 4.74 Å². The van der Waals surface area contributed by atoms with Crippen molar-refractivity contribution in [3.8, 4) is 11.8 Å². The summed E-state index contributed by atoms with van der Waals surface area (Å²) in [5.41, 5.74) is 2.21. The molecule has 0 saturated carbocycles. The van der Waals surface area contributed by atoms with Gasteiger partial charge < -0.3 is 10.1 Å². The number of rotatable bonds is 4. The maximum Gasteiger partial charge on any atom is 0.123 e. The molecule has 1 unspecified atom stereocenters. The third-order valence-corrected chi connectivity index (χ3v) is 2.40. The van der Waals surface area contributed by atoms with Crippen molar-refractivity contribution >= 4 is 0 Å². The Bertz CT molecular complexity index is 368. The van der Waals surface area contributed by atoms with Gasteiger partial charge in [0.05, 0.1) is 19.6 Å². The molecule has 0 spiro atoms. The fraction of sp³-hybridized carbons (Fsp3) is 0.417. The number of hydrogen-bond acceptors (Lipinski definition) is 3. The van der Waals surface area contributed by atoms with Crippen molar-refractivity contribution in [2.24, 2.45) is 0 Å². The summed E-state index contributed by atoms with van der Waals surface area (Å²) in [5.74, 6) is 0.829. The molecule has 0 aliphatic carbocycles. The molecule has 0 aromatic heterocycles. The van der Waals surface area contributed by atoms with Crippen LogP contribution in [0.3, 0.4) is 0 Å². The van der Waals surface area contributed by atoms with E-state index in [0.29, 0.717) is 6.42 Å². The molecule has 0 heterocycles. The lowest BCUT2D eigenvalue weighted by Crippen LogP contribution is -2.16. The lowest BCUT2D eigenvalue weighted by atomic mass is 10.0. The van der Waals surface area contributed by atoms with E-state index in [4.69, 9.17) is 10.00 Å². The van der Waals surface area contributed by atoms with Crippen LogP contribution in [-0.4, -0.2) is 14.2 Å². The Morgan fingerprint density at radius 3 is 2.80 bits per heavy atom. The van der Waals surface area contributed by atoms with E-state index in [-0.39, 0.29) is 6.04 Å². The Morgan fingerprint density at radius 2 is 2.27 bits per heavy atom. The van der Waals surface area contributed by atoms with Gasteiger partial charge in [-0.2, -0.15) is 5.26 Å². The van der Waals surface area contributed by atoms with Gasteiger partial charge in [-0.05, 0) is 20.0 Å². The van der Waals surface area contributed by atoms with Gasteiger partial charge in [0.1, 0.15) is 5.75 Å². The number of nitrogens with one attached hydrogen (secondary N) is 1. The number of methoxy groups -OCH3 is 1. The first-order chi connectivity index (χ1) is 7.22. The molecule has 15 heavy (non-hydrogen) atoms. The monoisotopic (exact) mass is 204 g/mol. The van der Waals surface area contributed by atoms with Gasteiger partial charge in [0.15, 0.2) is 0 Å². The van der Waals surface area contributed by atoms with Crippen LogP contribution in [0.5, 0.6) is 5.75 Å². The molecule has 1 N–H and O–H groups in total. The Kier molecular flexibility index (Phi) is 4.14. The summed E-state index contributed by atoms with van der Waals surface area (Å²) in [4.78, 5) is 0. The Morgan fingerprint density at radius 1 is 1.53 bits per heavy atom. The molecule has 1 rings (SSSR count). The van der Waals surface area contributed by atoms with E-state index >= 15 is 0 Å². The minimum atomic E-state index is 0.0323. The van der Waals surface area contributed by atoms with E-state index in [1.165, 1.54) is 5.56 Å². The van der Waals surface area contributed by atoms with Gasteiger partial charge in [0.25, 0.3) is 0 Å². The first-order valence-corrected chi connectivity index (χ1v) is 4.91. The maximum atomic E-state index is 8.73. The molecule has 0 saturated heterocycles. The molecule has 1 atom stereocenters. The molecule has 0 aliphatic heterocycles. The first kappa shape index (κ1) is 11.5. The second-order valence-electron chi connectivity index (χ2n) is 3.45. The molecule has 0 bridgehead atoms. The fourth-order valence-electron chi connectivity index (χ4n) is 1.58. The minimum Gasteiger partial charge on any atom is -0.496 e. The normalized spacial score (nSPS) is 11.9. The summed E-state index contributed by atoms with van der Waals surface area (Å²) in [7, 11) is 3.50. The standard InChI is InChI=1S/C12H16N2O/c1-9-4-5-12(15-3)10(8-9)11(14-2)6-7-13/h4-5,8,11,14H,6H2,1-3H3. The molecule has 0 fully saturated rings. The fourth-order valence-corrected chi connectivity index (χ4v) is 1.58.